The highest BCUT2D eigenvalue weighted by Crippen LogP contribution is 2.39. The monoisotopic (exact) mass is 478 g/mol. The third-order valence-electron chi connectivity index (χ3n) is 6.19. The first-order valence-corrected chi connectivity index (χ1v) is 14.7. The fourth-order valence-electron chi connectivity index (χ4n) is 3.50. The van der Waals surface area contributed by atoms with Crippen LogP contribution in [0.4, 0.5) is 10.5 Å². The zero-order valence-electron chi connectivity index (χ0n) is 21.8. The van der Waals surface area contributed by atoms with Crippen molar-refractivity contribution in [1.82, 2.24) is 4.90 Å². The average molecular weight is 479 g/mol. The Kier molecular flexibility index (Phi) is 8.62. The molecule has 2 atom stereocenters. The minimum absolute atomic E-state index is 0.0314. The lowest BCUT2D eigenvalue weighted by Gasteiger charge is -2.38. The predicted octanol–water partition coefficient (Wildman–Crippen LogP) is 5.68. The van der Waals surface area contributed by atoms with Crippen LogP contribution in [0.3, 0.4) is 0 Å². The van der Waals surface area contributed by atoms with Gasteiger partial charge in [0.25, 0.3) is 0 Å². The minimum atomic E-state index is -1.98. The molecule has 1 heterocycles. The average Bonchev–Trinajstić information content (AvgIpc) is 3.07. The van der Waals surface area contributed by atoms with Gasteiger partial charge in [0, 0.05) is 18.8 Å². The van der Waals surface area contributed by atoms with Gasteiger partial charge in [0.15, 0.2) is 8.32 Å². The van der Waals surface area contributed by atoms with Crippen LogP contribution in [0.2, 0.25) is 18.1 Å². The minimum Gasteiger partial charge on any atom is -0.462 e. The molecule has 1 N–H and O–H groups in total. The Morgan fingerprint density at radius 3 is 2.39 bits per heavy atom. The molecule has 1 aromatic carbocycles. The smallest absolute Gasteiger partial charge is 0.410 e. The summed E-state index contributed by atoms with van der Waals surface area (Å²) in [5, 5.41) is 3.47. The number of hydrogen-bond acceptors (Lipinski definition) is 6. The Morgan fingerprint density at radius 2 is 1.82 bits per heavy atom. The van der Waals surface area contributed by atoms with Crippen LogP contribution in [-0.4, -0.2) is 62.7 Å². The molecule has 186 valence electrons. The zero-order valence-corrected chi connectivity index (χ0v) is 22.8. The van der Waals surface area contributed by atoms with Gasteiger partial charge in [0.2, 0.25) is 0 Å². The molecular formula is C25H42N2O5Si. The molecule has 33 heavy (non-hydrogen) atoms. The van der Waals surface area contributed by atoms with Crippen LogP contribution in [0.5, 0.6) is 0 Å². The summed E-state index contributed by atoms with van der Waals surface area (Å²) in [6.07, 6.45) is 0.378. The van der Waals surface area contributed by atoms with E-state index in [4.69, 9.17) is 13.9 Å². The summed E-state index contributed by atoms with van der Waals surface area (Å²) < 4.78 is 17.4. The molecule has 8 heteroatoms. The van der Waals surface area contributed by atoms with Crippen molar-refractivity contribution < 1.29 is 23.5 Å². The molecule has 1 saturated heterocycles. The molecule has 0 aromatic heterocycles. The lowest BCUT2D eigenvalue weighted by molar-refractivity contribution is 0.0218. The van der Waals surface area contributed by atoms with Gasteiger partial charge in [-0.15, -0.1) is 0 Å². The second kappa shape index (κ2) is 10.5. The van der Waals surface area contributed by atoms with Crippen molar-refractivity contribution in [3.63, 3.8) is 0 Å². The Morgan fingerprint density at radius 1 is 1.15 bits per heavy atom. The van der Waals surface area contributed by atoms with E-state index in [1.165, 1.54) is 0 Å². The first-order valence-electron chi connectivity index (χ1n) is 11.8. The molecule has 0 unspecified atom stereocenters. The molecule has 2 rings (SSSR count). The molecule has 0 bridgehead atoms. The van der Waals surface area contributed by atoms with Crippen LogP contribution in [-0.2, 0) is 13.9 Å². The van der Waals surface area contributed by atoms with E-state index >= 15 is 0 Å². The van der Waals surface area contributed by atoms with Crippen LogP contribution in [0.15, 0.2) is 24.3 Å². The number of nitrogens with zero attached hydrogens (tertiary/aromatic N) is 1. The Balaban J connectivity index is 2.14. The van der Waals surface area contributed by atoms with Gasteiger partial charge in [-0.3, -0.25) is 0 Å². The number of carbonyl (C=O) groups excluding carboxylic acids is 2. The maximum absolute atomic E-state index is 13.0. The van der Waals surface area contributed by atoms with E-state index in [1.807, 2.05) is 32.9 Å². The molecule has 0 spiro atoms. The largest absolute Gasteiger partial charge is 0.462 e. The summed E-state index contributed by atoms with van der Waals surface area (Å²) in [5.74, 6) is -0.347. The van der Waals surface area contributed by atoms with E-state index in [2.05, 4.69) is 39.2 Å². The molecule has 1 amide bonds. The summed E-state index contributed by atoms with van der Waals surface area (Å²) in [6.45, 7) is 19.9. The number of esters is 1. The maximum Gasteiger partial charge on any atom is 0.410 e. The van der Waals surface area contributed by atoms with Crippen LogP contribution in [0.25, 0.3) is 0 Å². The highest BCUT2D eigenvalue weighted by molar-refractivity contribution is 6.74. The Bertz CT molecular complexity index is 829. The number of hydrogen-bond donors (Lipinski definition) is 1. The Hall–Kier alpha value is -2.06. The molecule has 1 aliphatic rings. The SMILES string of the molecule is CCOC(=O)c1cccc(NC[C@@H]2C[C@@H](O[Si](C)(C)C(C)(C)C)CN2C(=O)OC(C)(C)C)c1. The van der Waals surface area contributed by atoms with Gasteiger partial charge < -0.3 is 24.1 Å². The number of benzene rings is 1. The number of amides is 1. The summed E-state index contributed by atoms with van der Waals surface area (Å²) in [7, 11) is -1.98. The third kappa shape index (κ3) is 7.74. The molecule has 0 aliphatic carbocycles. The second-order valence-corrected chi connectivity index (χ2v) is 16.0. The first-order chi connectivity index (χ1) is 15.1. The van der Waals surface area contributed by atoms with Gasteiger partial charge >= 0.3 is 12.1 Å². The van der Waals surface area contributed by atoms with Gasteiger partial charge in [0.05, 0.1) is 24.3 Å². The van der Waals surface area contributed by atoms with Gasteiger partial charge in [0.1, 0.15) is 5.60 Å². The van der Waals surface area contributed by atoms with E-state index in [9.17, 15) is 9.59 Å². The number of rotatable bonds is 7. The lowest BCUT2D eigenvalue weighted by Crippen LogP contribution is -2.45. The first kappa shape index (κ1) is 27.2. The van der Waals surface area contributed by atoms with Crippen LogP contribution in [0.1, 0.15) is 65.2 Å². The molecule has 1 aliphatic heterocycles. The standard InChI is InChI=1S/C25H42N2O5Si/c1-10-30-22(28)18-12-11-13-19(14-18)26-16-20-15-21(32-33(8,9)25(5,6)7)17-27(20)23(29)31-24(2,3)4/h11-14,20-21,26H,10,15-17H2,1-9H3/t20-,21+/m0/s1. The summed E-state index contributed by atoms with van der Waals surface area (Å²) in [5.41, 5.74) is 0.733. The molecular weight excluding hydrogens is 436 g/mol. The van der Waals surface area contributed by atoms with Crippen molar-refractivity contribution in [2.24, 2.45) is 0 Å². The maximum atomic E-state index is 13.0. The topological polar surface area (TPSA) is 77.1 Å². The van der Waals surface area contributed by atoms with E-state index in [0.29, 0.717) is 25.3 Å². The molecule has 1 fully saturated rings. The number of ether oxygens (including phenoxy) is 2. The van der Waals surface area contributed by atoms with Gasteiger partial charge in [-0.2, -0.15) is 0 Å². The summed E-state index contributed by atoms with van der Waals surface area (Å²) in [4.78, 5) is 26.8. The van der Waals surface area contributed by atoms with Gasteiger partial charge in [-0.25, -0.2) is 9.59 Å². The predicted molar refractivity (Wildman–Crippen MR) is 134 cm³/mol. The van der Waals surface area contributed by atoms with Crippen molar-refractivity contribution in [3.8, 4) is 0 Å². The lowest BCUT2D eigenvalue weighted by atomic mass is 10.1. The number of carbonyl (C=O) groups is 2. The van der Waals surface area contributed by atoms with Crippen LogP contribution >= 0.6 is 0 Å². The van der Waals surface area contributed by atoms with E-state index in [1.54, 1.807) is 24.0 Å². The number of likely N-dealkylation sites (tertiary alicyclic amines) is 1. The van der Waals surface area contributed by atoms with E-state index in [-0.39, 0.29) is 29.2 Å². The zero-order chi connectivity index (χ0) is 25.0. The number of anilines is 1. The fraction of sp³-hybridized carbons (Fsp3) is 0.680. The van der Waals surface area contributed by atoms with E-state index < -0.39 is 13.9 Å². The normalized spacial score (nSPS) is 19.4. The van der Waals surface area contributed by atoms with Gasteiger partial charge in [-0.1, -0.05) is 26.8 Å². The summed E-state index contributed by atoms with van der Waals surface area (Å²) in [6, 6.07) is 7.14. The second-order valence-electron chi connectivity index (χ2n) is 11.2. The molecule has 1 aromatic rings. The summed E-state index contributed by atoms with van der Waals surface area (Å²) >= 11 is 0. The fourth-order valence-corrected chi connectivity index (χ4v) is 4.85. The van der Waals surface area contributed by atoms with Crippen molar-refractivity contribution >= 4 is 26.1 Å². The third-order valence-corrected chi connectivity index (χ3v) is 10.7. The van der Waals surface area contributed by atoms with Crippen molar-refractivity contribution in [2.75, 3.05) is 25.0 Å². The Labute approximate surface area is 200 Å². The van der Waals surface area contributed by atoms with Crippen LogP contribution in [0, 0.1) is 0 Å². The molecule has 0 radical (unpaired) electrons. The van der Waals surface area contributed by atoms with Crippen molar-refractivity contribution in [1.29, 1.82) is 0 Å². The quantitative estimate of drug-likeness (QED) is 0.402. The van der Waals surface area contributed by atoms with Gasteiger partial charge in [-0.05, 0) is 70.4 Å². The highest BCUT2D eigenvalue weighted by Gasteiger charge is 2.44. The molecule has 0 saturated carbocycles. The van der Waals surface area contributed by atoms with Crippen molar-refractivity contribution in [3.05, 3.63) is 29.8 Å². The highest BCUT2D eigenvalue weighted by atomic mass is 28.4. The number of nitrogens with one attached hydrogen (secondary N) is 1. The van der Waals surface area contributed by atoms with Crippen molar-refractivity contribution in [2.45, 2.75) is 90.8 Å². The molecule has 7 nitrogen and oxygen atoms in total. The van der Waals surface area contributed by atoms with E-state index in [0.717, 1.165) is 12.1 Å². The van der Waals surface area contributed by atoms with Crippen LogP contribution < -0.4 is 5.32 Å².